The maximum absolute atomic E-state index is 12.3. The van der Waals surface area contributed by atoms with E-state index in [-0.39, 0.29) is 11.6 Å². The Labute approximate surface area is 124 Å². The molecule has 5 heteroatoms. The molecule has 5 nitrogen and oxygen atoms in total. The number of likely N-dealkylation sites (tertiary alicyclic amines) is 1. The molecule has 1 unspecified atom stereocenters. The highest BCUT2D eigenvalue weighted by atomic mass is 16.6. The third-order valence-electron chi connectivity index (χ3n) is 3.92. The highest BCUT2D eigenvalue weighted by Gasteiger charge is 2.23. The molecule has 1 aliphatic heterocycles. The van der Waals surface area contributed by atoms with E-state index in [2.05, 4.69) is 6.92 Å². The molecule has 0 spiro atoms. The van der Waals surface area contributed by atoms with E-state index in [1.54, 1.807) is 24.3 Å². The summed E-state index contributed by atoms with van der Waals surface area (Å²) < 4.78 is 0. The fourth-order valence-electron chi connectivity index (χ4n) is 2.77. The number of piperidine rings is 1. The highest BCUT2D eigenvalue weighted by Crippen LogP contribution is 2.22. The van der Waals surface area contributed by atoms with E-state index < -0.39 is 4.92 Å². The number of amides is 1. The molecule has 1 aromatic rings. The van der Waals surface area contributed by atoms with Crippen molar-refractivity contribution < 1.29 is 9.72 Å². The van der Waals surface area contributed by atoms with Gasteiger partial charge in [-0.15, -0.1) is 0 Å². The standard InChI is InChI=1S/C16H20N2O3/c1-2-14-8-5-6-12-17(14)16(19)11-10-13-7-3-4-9-15(13)18(20)21/h3-4,7,9-11,14H,2,5-6,8,12H2,1H3. The summed E-state index contributed by atoms with van der Waals surface area (Å²) in [4.78, 5) is 24.7. The summed E-state index contributed by atoms with van der Waals surface area (Å²) in [7, 11) is 0. The summed E-state index contributed by atoms with van der Waals surface area (Å²) in [6.45, 7) is 2.86. The van der Waals surface area contributed by atoms with Gasteiger partial charge in [0.05, 0.1) is 10.5 Å². The first-order valence-electron chi connectivity index (χ1n) is 7.35. The molecular weight excluding hydrogens is 268 g/mol. The molecule has 1 saturated heterocycles. The van der Waals surface area contributed by atoms with Gasteiger partial charge in [0.15, 0.2) is 0 Å². The van der Waals surface area contributed by atoms with Crippen molar-refractivity contribution in [2.45, 2.75) is 38.6 Å². The highest BCUT2D eigenvalue weighted by molar-refractivity contribution is 5.92. The van der Waals surface area contributed by atoms with E-state index in [0.717, 1.165) is 32.2 Å². The summed E-state index contributed by atoms with van der Waals surface area (Å²) in [5.74, 6) is -0.0558. The van der Waals surface area contributed by atoms with Gasteiger partial charge in [-0.25, -0.2) is 0 Å². The second kappa shape index (κ2) is 7.02. The van der Waals surface area contributed by atoms with Gasteiger partial charge in [-0.05, 0) is 37.8 Å². The number of nitro groups is 1. The Morgan fingerprint density at radius 3 is 2.90 bits per heavy atom. The van der Waals surface area contributed by atoms with Crippen LogP contribution in [0.15, 0.2) is 30.3 Å². The Bertz CT molecular complexity index is 554. The molecule has 0 aromatic heterocycles. The smallest absolute Gasteiger partial charge is 0.276 e. The molecule has 1 fully saturated rings. The Hall–Kier alpha value is -2.17. The molecule has 1 amide bonds. The van der Waals surface area contributed by atoms with Crippen molar-refractivity contribution in [3.8, 4) is 0 Å². The number of carbonyl (C=O) groups is 1. The van der Waals surface area contributed by atoms with Crippen molar-refractivity contribution >= 4 is 17.7 Å². The topological polar surface area (TPSA) is 63.5 Å². The number of para-hydroxylation sites is 1. The summed E-state index contributed by atoms with van der Waals surface area (Å²) in [6.07, 6.45) is 7.18. The third kappa shape index (κ3) is 3.68. The molecule has 0 saturated carbocycles. The fraction of sp³-hybridized carbons (Fsp3) is 0.438. The lowest BCUT2D eigenvalue weighted by Gasteiger charge is -2.34. The van der Waals surface area contributed by atoms with Crippen LogP contribution in [0.25, 0.3) is 6.08 Å². The summed E-state index contributed by atoms with van der Waals surface area (Å²) in [5.41, 5.74) is 0.480. The average Bonchev–Trinajstić information content (AvgIpc) is 2.52. The zero-order valence-corrected chi connectivity index (χ0v) is 12.2. The largest absolute Gasteiger partial charge is 0.336 e. The van der Waals surface area contributed by atoms with Crippen molar-refractivity contribution in [3.63, 3.8) is 0 Å². The SMILES string of the molecule is CCC1CCCCN1C(=O)C=Cc1ccccc1[N+](=O)[O-]. The zero-order chi connectivity index (χ0) is 15.2. The normalized spacial score (nSPS) is 18.9. The number of carbonyl (C=O) groups excluding carboxylic acids is 1. The lowest BCUT2D eigenvalue weighted by Crippen LogP contribution is -2.42. The molecule has 0 aliphatic carbocycles. The molecule has 0 bridgehead atoms. The van der Waals surface area contributed by atoms with Gasteiger partial charge in [-0.3, -0.25) is 14.9 Å². The molecule has 1 aliphatic rings. The molecule has 1 heterocycles. The van der Waals surface area contributed by atoms with Gasteiger partial charge in [-0.2, -0.15) is 0 Å². The average molecular weight is 288 g/mol. The number of nitrogens with zero attached hydrogens (tertiary/aromatic N) is 2. The van der Waals surface area contributed by atoms with Gasteiger partial charge < -0.3 is 4.90 Å². The van der Waals surface area contributed by atoms with Crippen LogP contribution in [-0.4, -0.2) is 28.3 Å². The van der Waals surface area contributed by atoms with E-state index in [1.165, 1.54) is 12.1 Å². The molecule has 0 N–H and O–H groups in total. The van der Waals surface area contributed by atoms with Crippen LogP contribution in [0.5, 0.6) is 0 Å². The van der Waals surface area contributed by atoms with Crippen LogP contribution in [-0.2, 0) is 4.79 Å². The van der Waals surface area contributed by atoms with Gasteiger partial charge in [0.25, 0.3) is 5.69 Å². The van der Waals surface area contributed by atoms with Gasteiger partial charge in [0.1, 0.15) is 0 Å². The predicted octanol–water partition coefficient (Wildman–Crippen LogP) is 3.40. The zero-order valence-electron chi connectivity index (χ0n) is 12.2. The van der Waals surface area contributed by atoms with Crippen molar-refractivity contribution in [3.05, 3.63) is 46.0 Å². The number of hydrogen-bond donors (Lipinski definition) is 0. The molecule has 0 radical (unpaired) electrons. The lowest BCUT2D eigenvalue weighted by molar-refractivity contribution is -0.385. The van der Waals surface area contributed by atoms with E-state index in [9.17, 15) is 14.9 Å². The molecule has 2 rings (SSSR count). The Kier molecular flexibility index (Phi) is 5.09. The minimum Gasteiger partial charge on any atom is -0.336 e. The maximum atomic E-state index is 12.3. The third-order valence-corrected chi connectivity index (χ3v) is 3.92. The van der Waals surface area contributed by atoms with Crippen molar-refractivity contribution in [1.82, 2.24) is 4.90 Å². The quantitative estimate of drug-likeness (QED) is 0.484. The van der Waals surface area contributed by atoms with Crippen LogP contribution in [0.3, 0.4) is 0 Å². The van der Waals surface area contributed by atoms with Crippen LogP contribution < -0.4 is 0 Å². The first-order chi connectivity index (χ1) is 10.1. The minimum absolute atomic E-state index is 0.0206. The van der Waals surface area contributed by atoms with Crippen molar-refractivity contribution in [2.75, 3.05) is 6.54 Å². The number of benzene rings is 1. The monoisotopic (exact) mass is 288 g/mol. The second-order valence-electron chi connectivity index (χ2n) is 5.24. The summed E-state index contributed by atoms with van der Waals surface area (Å²) in [5, 5.41) is 10.9. The summed E-state index contributed by atoms with van der Waals surface area (Å²) >= 11 is 0. The van der Waals surface area contributed by atoms with Crippen LogP contribution in [0.1, 0.15) is 38.2 Å². The predicted molar refractivity (Wildman–Crippen MR) is 81.8 cm³/mol. The van der Waals surface area contributed by atoms with Gasteiger partial charge in [-0.1, -0.05) is 19.1 Å². The Balaban J connectivity index is 2.13. The van der Waals surface area contributed by atoms with Gasteiger partial charge in [0, 0.05) is 24.7 Å². The summed E-state index contributed by atoms with van der Waals surface area (Å²) in [6, 6.07) is 6.73. The van der Waals surface area contributed by atoms with Crippen LogP contribution in [0.2, 0.25) is 0 Å². The fourth-order valence-corrected chi connectivity index (χ4v) is 2.77. The Morgan fingerprint density at radius 2 is 2.19 bits per heavy atom. The van der Waals surface area contributed by atoms with Gasteiger partial charge >= 0.3 is 0 Å². The first kappa shape index (κ1) is 15.2. The molecule has 112 valence electrons. The molecule has 1 atom stereocenters. The minimum atomic E-state index is -0.431. The molecular formula is C16H20N2O3. The second-order valence-corrected chi connectivity index (χ2v) is 5.24. The lowest BCUT2D eigenvalue weighted by atomic mass is 10.00. The van der Waals surface area contributed by atoms with Crippen LogP contribution >= 0.6 is 0 Å². The van der Waals surface area contributed by atoms with Gasteiger partial charge in [0.2, 0.25) is 5.91 Å². The van der Waals surface area contributed by atoms with E-state index in [4.69, 9.17) is 0 Å². The number of hydrogen-bond acceptors (Lipinski definition) is 3. The first-order valence-corrected chi connectivity index (χ1v) is 7.35. The van der Waals surface area contributed by atoms with E-state index >= 15 is 0 Å². The van der Waals surface area contributed by atoms with E-state index in [0.29, 0.717) is 11.6 Å². The van der Waals surface area contributed by atoms with Crippen LogP contribution in [0, 0.1) is 10.1 Å². The van der Waals surface area contributed by atoms with Crippen molar-refractivity contribution in [2.24, 2.45) is 0 Å². The van der Waals surface area contributed by atoms with Crippen LogP contribution in [0.4, 0.5) is 5.69 Å². The maximum Gasteiger partial charge on any atom is 0.276 e. The van der Waals surface area contributed by atoms with E-state index in [1.807, 2.05) is 4.90 Å². The molecule has 1 aromatic carbocycles. The number of nitro benzene ring substituents is 1. The van der Waals surface area contributed by atoms with Crippen molar-refractivity contribution in [1.29, 1.82) is 0 Å². The Morgan fingerprint density at radius 1 is 1.43 bits per heavy atom. The number of rotatable bonds is 4. The molecule has 21 heavy (non-hydrogen) atoms.